The van der Waals surface area contributed by atoms with Crippen LogP contribution in [0.1, 0.15) is 36.1 Å². The van der Waals surface area contributed by atoms with Crippen molar-refractivity contribution >= 4 is 39.1 Å². The molecule has 5 nitrogen and oxygen atoms in total. The highest BCUT2D eigenvalue weighted by molar-refractivity contribution is 9.10. The van der Waals surface area contributed by atoms with Crippen molar-refractivity contribution in [2.45, 2.75) is 26.3 Å². The van der Waals surface area contributed by atoms with Crippen LogP contribution in [0.15, 0.2) is 82.8 Å². The summed E-state index contributed by atoms with van der Waals surface area (Å²) in [7, 11) is 0. The Bertz CT molecular complexity index is 1220. The van der Waals surface area contributed by atoms with Gasteiger partial charge < -0.3 is 9.84 Å². The average Bonchev–Trinajstić information content (AvgIpc) is 3.10. The third kappa shape index (κ3) is 4.44. The quantitative estimate of drug-likeness (QED) is 0.247. The van der Waals surface area contributed by atoms with Crippen LogP contribution in [0.2, 0.25) is 0 Å². The lowest BCUT2D eigenvalue weighted by atomic mass is 9.94. The van der Waals surface area contributed by atoms with E-state index in [9.17, 15) is 14.7 Å². The van der Waals surface area contributed by atoms with E-state index in [0.717, 1.165) is 16.5 Å². The number of rotatable bonds is 6. The summed E-state index contributed by atoms with van der Waals surface area (Å²) in [6.45, 7) is 4.53. The van der Waals surface area contributed by atoms with Crippen LogP contribution in [0, 0.1) is 6.92 Å². The fourth-order valence-electron chi connectivity index (χ4n) is 3.92. The van der Waals surface area contributed by atoms with Crippen LogP contribution in [0.5, 0.6) is 5.75 Å². The zero-order valence-corrected chi connectivity index (χ0v) is 20.0. The fourth-order valence-corrected chi connectivity index (χ4v) is 4.16. The number of para-hydroxylation sites is 1. The van der Waals surface area contributed by atoms with Gasteiger partial charge in [0.25, 0.3) is 11.7 Å². The molecule has 33 heavy (non-hydrogen) atoms. The van der Waals surface area contributed by atoms with Gasteiger partial charge in [0.2, 0.25) is 0 Å². The Kier molecular flexibility index (Phi) is 6.65. The lowest BCUT2D eigenvalue weighted by Crippen LogP contribution is -2.29. The highest BCUT2D eigenvalue weighted by Gasteiger charge is 2.46. The SMILES string of the molecule is CCCOc1ccc(C2/C(=C(/O)c3ccc(Br)c(C)c3)C(=O)C(=O)N2c2ccccc2)cc1. The first kappa shape index (κ1) is 22.8. The molecule has 1 amide bonds. The minimum absolute atomic E-state index is 0.0628. The van der Waals surface area contributed by atoms with E-state index < -0.39 is 17.7 Å². The summed E-state index contributed by atoms with van der Waals surface area (Å²) in [4.78, 5) is 27.8. The number of aryl methyl sites for hydroxylation is 1. The van der Waals surface area contributed by atoms with Crippen molar-refractivity contribution in [1.29, 1.82) is 0 Å². The number of hydrogen-bond donors (Lipinski definition) is 1. The number of carbonyl (C=O) groups is 2. The summed E-state index contributed by atoms with van der Waals surface area (Å²) < 4.78 is 6.57. The Morgan fingerprint density at radius 2 is 1.73 bits per heavy atom. The van der Waals surface area contributed by atoms with E-state index in [-0.39, 0.29) is 11.3 Å². The van der Waals surface area contributed by atoms with Crippen molar-refractivity contribution in [3.8, 4) is 5.75 Å². The van der Waals surface area contributed by atoms with E-state index >= 15 is 0 Å². The number of hydrogen-bond acceptors (Lipinski definition) is 4. The Morgan fingerprint density at radius 1 is 1.03 bits per heavy atom. The maximum absolute atomic E-state index is 13.2. The molecule has 0 aromatic heterocycles. The molecule has 1 heterocycles. The van der Waals surface area contributed by atoms with Gasteiger partial charge in [0, 0.05) is 15.7 Å². The summed E-state index contributed by atoms with van der Waals surface area (Å²) in [6.07, 6.45) is 0.891. The second kappa shape index (κ2) is 9.63. The van der Waals surface area contributed by atoms with E-state index in [1.807, 2.05) is 62.4 Å². The fraction of sp³-hybridized carbons (Fsp3) is 0.185. The van der Waals surface area contributed by atoms with Crippen molar-refractivity contribution in [1.82, 2.24) is 0 Å². The molecule has 168 valence electrons. The van der Waals surface area contributed by atoms with Crippen LogP contribution >= 0.6 is 15.9 Å². The molecule has 1 fully saturated rings. The van der Waals surface area contributed by atoms with Crippen molar-refractivity contribution in [3.63, 3.8) is 0 Å². The second-order valence-electron chi connectivity index (χ2n) is 7.89. The molecule has 0 spiro atoms. The van der Waals surface area contributed by atoms with Gasteiger partial charge in [-0.25, -0.2) is 0 Å². The zero-order chi connectivity index (χ0) is 23.5. The van der Waals surface area contributed by atoms with Crippen molar-refractivity contribution in [2.24, 2.45) is 0 Å². The third-order valence-electron chi connectivity index (χ3n) is 5.58. The van der Waals surface area contributed by atoms with Gasteiger partial charge in [-0.2, -0.15) is 0 Å². The standard InChI is InChI=1S/C27H24BrNO4/c1-3-15-33-21-12-9-18(10-13-21)24-23(25(30)19-11-14-22(28)17(2)16-19)26(31)27(32)29(24)20-7-5-4-6-8-20/h4-14,16,24,30H,3,15H2,1-2H3/b25-23-. The number of ketones is 1. The second-order valence-corrected chi connectivity index (χ2v) is 8.74. The number of Topliss-reactive ketones (excluding diaryl/α,β-unsaturated/α-hetero) is 1. The van der Waals surface area contributed by atoms with E-state index in [2.05, 4.69) is 15.9 Å². The predicted molar refractivity (Wildman–Crippen MR) is 132 cm³/mol. The van der Waals surface area contributed by atoms with Gasteiger partial charge in [0.15, 0.2) is 0 Å². The van der Waals surface area contributed by atoms with Crippen molar-refractivity contribution in [3.05, 3.63) is 99.5 Å². The van der Waals surface area contributed by atoms with E-state index in [4.69, 9.17) is 4.74 Å². The molecule has 1 unspecified atom stereocenters. The molecule has 1 atom stereocenters. The summed E-state index contributed by atoms with van der Waals surface area (Å²) in [5.74, 6) is -0.874. The van der Waals surface area contributed by atoms with Gasteiger partial charge in [0.1, 0.15) is 11.5 Å². The van der Waals surface area contributed by atoms with Crippen LogP contribution in [-0.2, 0) is 9.59 Å². The monoisotopic (exact) mass is 505 g/mol. The number of anilines is 1. The summed E-state index contributed by atoms with van der Waals surface area (Å²) in [5.41, 5.74) is 2.74. The molecule has 3 aromatic rings. The number of ether oxygens (including phenoxy) is 1. The van der Waals surface area contributed by atoms with E-state index in [0.29, 0.717) is 29.2 Å². The van der Waals surface area contributed by atoms with Gasteiger partial charge in [0.05, 0.1) is 18.2 Å². The van der Waals surface area contributed by atoms with Gasteiger partial charge >= 0.3 is 0 Å². The summed E-state index contributed by atoms with van der Waals surface area (Å²) >= 11 is 3.46. The lowest BCUT2D eigenvalue weighted by Gasteiger charge is -2.25. The minimum atomic E-state index is -0.767. The van der Waals surface area contributed by atoms with E-state index in [1.54, 1.807) is 24.3 Å². The molecule has 3 aromatic carbocycles. The van der Waals surface area contributed by atoms with Crippen LogP contribution in [-0.4, -0.2) is 23.4 Å². The van der Waals surface area contributed by atoms with Gasteiger partial charge in [-0.15, -0.1) is 0 Å². The van der Waals surface area contributed by atoms with Gasteiger partial charge in [-0.05, 0) is 60.9 Å². The molecule has 0 radical (unpaired) electrons. The number of aliphatic hydroxyl groups excluding tert-OH is 1. The predicted octanol–water partition coefficient (Wildman–Crippen LogP) is 6.17. The van der Waals surface area contributed by atoms with Crippen molar-refractivity contribution < 1.29 is 19.4 Å². The molecule has 1 N–H and O–H groups in total. The Morgan fingerprint density at radius 3 is 2.36 bits per heavy atom. The number of benzene rings is 3. The van der Waals surface area contributed by atoms with E-state index in [1.165, 1.54) is 4.90 Å². The highest BCUT2D eigenvalue weighted by Crippen LogP contribution is 2.42. The van der Waals surface area contributed by atoms with Crippen LogP contribution in [0.3, 0.4) is 0 Å². The average molecular weight is 506 g/mol. The topological polar surface area (TPSA) is 66.8 Å². The maximum Gasteiger partial charge on any atom is 0.300 e. The van der Waals surface area contributed by atoms with Crippen molar-refractivity contribution in [2.75, 3.05) is 11.5 Å². The molecule has 0 aliphatic carbocycles. The molecular formula is C27H24BrNO4. The summed E-state index contributed by atoms with van der Waals surface area (Å²) in [6, 6.07) is 20.9. The Hall–Kier alpha value is -3.38. The first-order chi connectivity index (χ1) is 15.9. The number of amides is 1. The molecule has 1 saturated heterocycles. The number of nitrogens with zero attached hydrogens (tertiary/aromatic N) is 1. The molecule has 1 aliphatic heterocycles. The number of aliphatic hydroxyl groups is 1. The van der Waals surface area contributed by atoms with Crippen LogP contribution in [0.4, 0.5) is 5.69 Å². The molecule has 4 rings (SSSR count). The van der Waals surface area contributed by atoms with Gasteiger partial charge in [-0.1, -0.05) is 59.3 Å². The largest absolute Gasteiger partial charge is 0.507 e. The first-order valence-corrected chi connectivity index (χ1v) is 11.6. The maximum atomic E-state index is 13.2. The molecule has 1 aliphatic rings. The van der Waals surface area contributed by atoms with Crippen LogP contribution in [0.25, 0.3) is 5.76 Å². The summed E-state index contributed by atoms with van der Waals surface area (Å²) in [5, 5.41) is 11.2. The number of halogens is 1. The molecule has 0 bridgehead atoms. The van der Waals surface area contributed by atoms with Gasteiger partial charge in [-0.3, -0.25) is 14.5 Å². The minimum Gasteiger partial charge on any atom is -0.507 e. The highest BCUT2D eigenvalue weighted by atomic mass is 79.9. The molecule has 0 saturated carbocycles. The molecular weight excluding hydrogens is 482 g/mol. The lowest BCUT2D eigenvalue weighted by molar-refractivity contribution is -0.132. The Labute approximate surface area is 201 Å². The van der Waals surface area contributed by atoms with Crippen LogP contribution < -0.4 is 9.64 Å². The smallest absolute Gasteiger partial charge is 0.300 e. The zero-order valence-electron chi connectivity index (χ0n) is 18.4. The normalized spacial score (nSPS) is 17.4. The Balaban J connectivity index is 1.87. The third-order valence-corrected chi connectivity index (χ3v) is 6.47. The number of carbonyl (C=O) groups excluding carboxylic acids is 2. The first-order valence-electron chi connectivity index (χ1n) is 10.8. The molecule has 6 heteroatoms.